The van der Waals surface area contributed by atoms with Gasteiger partial charge in [0.05, 0.1) is 11.0 Å². The summed E-state index contributed by atoms with van der Waals surface area (Å²) in [5, 5.41) is 2.96. The summed E-state index contributed by atoms with van der Waals surface area (Å²) < 4.78 is 7.34. The van der Waals surface area contributed by atoms with Gasteiger partial charge in [-0.3, -0.25) is 4.79 Å². The fourth-order valence-electron chi connectivity index (χ4n) is 3.58. The summed E-state index contributed by atoms with van der Waals surface area (Å²) in [6, 6.07) is 17.5. The van der Waals surface area contributed by atoms with E-state index < -0.39 is 5.60 Å². The van der Waals surface area contributed by atoms with Crippen LogP contribution in [0.3, 0.4) is 0 Å². The van der Waals surface area contributed by atoms with Crippen LogP contribution in [-0.2, 0) is 18.2 Å². The summed E-state index contributed by atoms with van der Waals surface area (Å²) in [4.78, 5) is 31.5. The van der Waals surface area contributed by atoms with Crippen molar-refractivity contribution >= 4 is 23.0 Å². The van der Waals surface area contributed by atoms with Gasteiger partial charge in [-0.1, -0.05) is 42.5 Å². The Bertz CT molecular complexity index is 1080. The number of nitrogens with one attached hydrogen (secondary N) is 1. The predicted octanol–water partition coefficient (Wildman–Crippen LogP) is 4.42. The highest BCUT2D eigenvalue weighted by Gasteiger charge is 2.26. The normalized spacial score (nSPS) is 12.4. The number of ether oxygens (including phenoxy) is 1. The fourth-order valence-corrected chi connectivity index (χ4v) is 3.58. The van der Waals surface area contributed by atoms with Gasteiger partial charge in [0.1, 0.15) is 5.60 Å². The molecule has 0 aliphatic rings. The number of carbonyl (C=O) groups is 2. The molecule has 2 amide bonds. The third kappa shape index (κ3) is 5.87. The molecule has 0 aliphatic carbocycles. The van der Waals surface area contributed by atoms with Gasteiger partial charge in [0.15, 0.2) is 5.82 Å². The van der Waals surface area contributed by atoms with Crippen molar-refractivity contribution in [2.45, 2.75) is 45.3 Å². The van der Waals surface area contributed by atoms with Gasteiger partial charge in [0, 0.05) is 28.1 Å². The molecule has 172 valence electrons. The lowest BCUT2D eigenvalue weighted by Gasteiger charge is -2.31. The molecule has 0 saturated carbocycles. The van der Waals surface area contributed by atoms with E-state index in [1.165, 1.54) is 0 Å². The molecule has 1 N–H and O–H groups in total. The number of rotatable bonds is 7. The number of hydrogen-bond acceptors (Lipinski definition) is 4. The van der Waals surface area contributed by atoms with E-state index in [0.717, 1.165) is 16.6 Å². The number of aromatic nitrogens is 2. The minimum absolute atomic E-state index is 0. The van der Waals surface area contributed by atoms with Crippen LogP contribution in [0, 0.1) is 0 Å². The molecule has 1 atom stereocenters. The van der Waals surface area contributed by atoms with Crippen LogP contribution in [0.15, 0.2) is 54.6 Å². The van der Waals surface area contributed by atoms with Crippen molar-refractivity contribution in [3.8, 4) is 0 Å². The smallest absolute Gasteiger partial charge is 0.410 e. The topological polar surface area (TPSA) is 76.5 Å². The zero-order valence-electron chi connectivity index (χ0n) is 19.5. The molecule has 7 heteroatoms. The van der Waals surface area contributed by atoms with Crippen LogP contribution in [0.4, 0.5) is 4.79 Å². The van der Waals surface area contributed by atoms with E-state index in [1.807, 2.05) is 82.4 Å². The molecule has 32 heavy (non-hydrogen) atoms. The second-order valence-corrected chi connectivity index (χ2v) is 8.96. The molecule has 7 nitrogen and oxygen atoms in total. The fraction of sp³-hybridized carbons (Fsp3) is 0.400. The summed E-state index contributed by atoms with van der Waals surface area (Å²) in [6.45, 7) is 5.96. The maximum absolute atomic E-state index is 12.8. The molecule has 0 fully saturated rings. The van der Waals surface area contributed by atoms with Gasteiger partial charge < -0.3 is 19.5 Å². The Hall–Kier alpha value is -3.35. The summed E-state index contributed by atoms with van der Waals surface area (Å²) in [5.41, 5.74) is 2.24. The van der Waals surface area contributed by atoms with Crippen molar-refractivity contribution in [1.82, 2.24) is 19.8 Å². The Kier molecular flexibility index (Phi) is 7.18. The molecule has 3 rings (SSSR count). The van der Waals surface area contributed by atoms with Crippen molar-refractivity contribution in [3.05, 3.63) is 66.0 Å². The Morgan fingerprint density at radius 1 is 1.12 bits per heavy atom. The van der Waals surface area contributed by atoms with Crippen molar-refractivity contribution < 1.29 is 15.8 Å². The zero-order chi connectivity index (χ0) is 23.3. The van der Waals surface area contributed by atoms with E-state index >= 15 is 0 Å². The number of nitrogens with zero attached hydrogens (tertiary/aromatic N) is 3. The van der Waals surface area contributed by atoms with Crippen molar-refractivity contribution in [1.29, 1.82) is 0 Å². The van der Waals surface area contributed by atoms with E-state index in [1.54, 1.807) is 16.5 Å². The average molecular weight is 439 g/mol. The molecular weight excluding hydrogens is 404 g/mol. The third-order valence-electron chi connectivity index (χ3n) is 5.30. The van der Waals surface area contributed by atoms with E-state index in [0.29, 0.717) is 25.2 Å². The molecule has 0 unspecified atom stereocenters. The first kappa shape index (κ1) is 23.3. The van der Waals surface area contributed by atoms with Crippen LogP contribution in [0.1, 0.15) is 44.8 Å². The first-order valence-electron chi connectivity index (χ1n) is 10.8. The Morgan fingerprint density at radius 2 is 1.78 bits per heavy atom. The molecule has 0 bridgehead atoms. The highest BCUT2D eigenvalue weighted by molar-refractivity contribution is 5.94. The Labute approximate surface area is 190 Å². The van der Waals surface area contributed by atoms with Gasteiger partial charge in [-0.15, -0.1) is 0 Å². The number of imidazole rings is 1. The molecule has 0 aliphatic heterocycles. The first-order chi connectivity index (χ1) is 15.2. The first-order valence-corrected chi connectivity index (χ1v) is 10.8. The number of fused-ring (bicyclic) bond motifs is 1. The number of amides is 2. The summed E-state index contributed by atoms with van der Waals surface area (Å²) in [6.07, 6.45) is 0.874. The zero-order valence-corrected chi connectivity index (χ0v) is 19.5. The minimum Gasteiger partial charge on any atom is -0.444 e. The lowest BCUT2D eigenvalue weighted by Crippen LogP contribution is -2.43. The molecular formula is C25H34N4O3. The number of benzene rings is 2. The molecule has 0 spiro atoms. The van der Waals surface area contributed by atoms with Gasteiger partial charge in [0.25, 0.3) is 5.91 Å². The molecule has 0 saturated heterocycles. The maximum Gasteiger partial charge on any atom is 0.410 e. The second kappa shape index (κ2) is 9.85. The number of aryl methyl sites for hydroxylation is 1. The van der Waals surface area contributed by atoms with E-state index in [-0.39, 0.29) is 19.5 Å². The van der Waals surface area contributed by atoms with E-state index in [4.69, 9.17) is 4.74 Å². The lowest BCUT2D eigenvalue weighted by molar-refractivity contribution is 0.0215. The van der Waals surface area contributed by atoms with Gasteiger partial charge in [0.2, 0.25) is 0 Å². The van der Waals surface area contributed by atoms with Gasteiger partial charge in [-0.2, -0.15) is 0 Å². The quantitative estimate of drug-likeness (QED) is 0.593. The van der Waals surface area contributed by atoms with Crippen LogP contribution in [0.5, 0.6) is 0 Å². The molecule has 1 aromatic heterocycles. The van der Waals surface area contributed by atoms with Gasteiger partial charge in [-0.05, 0) is 51.3 Å². The number of para-hydroxylation sites is 2. The third-order valence-corrected chi connectivity index (χ3v) is 5.30. The van der Waals surface area contributed by atoms with Crippen LogP contribution in [0.2, 0.25) is 0 Å². The minimum atomic E-state index is -0.572. The van der Waals surface area contributed by atoms with Crippen LogP contribution < -0.4 is 5.32 Å². The molecule has 2 aromatic carbocycles. The molecule has 0 radical (unpaired) electrons. The van der Waals surface area contributed by atoms with Crippen molar-refractivity contribution in [2.75, 3.05) is 13.6 Å². The maximum atomic E-state index is 12.8. The SMILES string of the molecule is CN(C(=O)OC(C)(C)C)[C@H](CCNC(=O)c1nc2ccccc2n1C)Cc1ccccc1.[HH]. The van der Waals surface area contributed by atoms with Crippen molar-refractivity contribution in [2.24, 2.45) is 7.05 Å². The standard InChI is InChI=1S/C25H32N4O3.H2/c1-25(2,3)32-24(31)28(4)19(17-18-11-7-6-8-12-18)15-16-26-23(30)22-27-20-13-9-10-14-21(20)29(22)5;/h6-14,19H,15-17H2,1-5H3,(H,26,30);1H/t19-;/m1./s1. The average Bonchev–Trinajstić information content (AvgIpc) is 3.09. The number of likely N-dealkylation sites (N-methyl/N-ethyl adjacent to an activating group) is 1. The number of hydrogen-bond donors (Lipinski definition) is 1. The summed E-state index contributed by atoms with van der Waals surface area (Å²) in [7, 11) is 3.58. The van der Waals surface area contributed by atoms with Crippen LogP contribution in [0.25, 0.3) is 11.0 Å². The molecule has 3 aromatic rings. The van der Waals surface area contributed by atoms with Crippen molar-refractivity contribution in [3.63, 3.8) is 0 Å². The summed E-state index contributed by atoms with van der Waals surface area (Å²) in [5.74, 6) is 0.133. The van der Waals surface area contributed by atoms with Crippen LogP contribution in [-0.4, -0.2) is 51.7 Å². The number of carbonyl (C=O) groups excluding carboxylic acids is 2. The predicted molar refractivity (Wildman–Crippen MR) is 128 cm³/mol. The van der Waals surface area contributed by atoms with Crippen LogP contribution >= 0.6 is 0 Å². The highest BCUT2D eigenvalue weighted by Crippen LogP contribution is 2.17. The second-order valence-electron chi connectivity index (χ2n) is 8.96. The summed E-state index contributed by atoms with van der Waals surface area (Å²) >= 11 is 0. The van der Waals surface area contributed by atoms with Gasteiger partial charge >= 0.3 is 6.09 Å². The Morgan fingerprint density at radius 3 is 2.44 bits per heavy atom. The Balaban J connectivity index is 0.00000385. The van der Waals surface area contributed by atoms with Gasteiger partial charge in [-0.25, -0.2) is 9.78 Å². The largest absolute Gasteiger partial charge is 0.444 e. The molecule has 1 heterocycles. The monoisotopic (exact) mass is 438 g/mol. The highest BCUT2D eigenvalue weighted by atomic mass is 16.6. The van der Waals surface area contributed by atoms with E-state index in [9.17, 15) is 9.59 Å². The lowest BCUT2D eigenvalue weighted by atomic mass is 10.0. The van der Waals surface area contributed by atoms with E-state index in [2.05, 4.69) is 10.3 Å².